The van der Waals surface area contributed by atoms with E-state index in [0.717, 1.165) is 5.57 Å². The van der Waals surface area contributed by atoms with Gasteiger partial charge in [-0.2, -0.15) is 0 Å². The fraction of sp³-hybridized carbons (Fsp3) is 0.714. The number of ketones is 1. The first-order valence-corrected chi connectivity index (χ1v) is 6.56. The van der Waals surface area contributed by atoms with Gasteiger partial charge >= 0.3 is 5.97 Å². The zero-order valence-corrected chi connectivity index (χ0v) is 11.6. The molecule has 5 atom stereocenters. The molecule has 1 saturated heterocycles. The lowest BCUT2D eigenvalue weighted by atomic mass is 9.57. The van der Waals surface area contributed by atoms with E-state index in [9.17, 15) is 9.59 Å². The van der Waals surface area contributed by atoms with Crippen molar-refractivity contribution in [1.29, 1.82) is 0 Å². The van der Waals surface area contributed by atoms with Gasteiger partial charge in [-0.3, -0.25) is 9.59 Å². The van der Waals surface area contributed by atoms with Crippen molar-refractivity contribution in [1.82, 2.24) is 0 Å². The van der Waals surface area contributed by atoms with Crippen molar-refractivity contribution < 1.29 is 23.8 Å². The van der Waals surface area contributed by atoms with Crippen molar-refractivity contribution in [3.8, 4) is 0 Å². The van der Waals surface area contributed by atoms with Crippen LogP contribution in [0.4, 0.5) is 0 Å². The molecule has 3 aliphatic carbocycles. The summed E-state index contributed by atoms with van der Waals surface area (Å²) in [5.74, 6) is -1.27. The lowest BCUT2D eigenvalue weighted by molar-refractivity contribution is -0.224. The standard InChI is InChI=1S/C14H18O5/c1-6-9-5-18-14(17-4)11(9)12(19-8(3)15)7(2)10(6)13(14)16/h6,9-11H,5H2,1-4H3/t6-,9-,10+,11-,14-/m1/s1. The number of Topliss-reactive ketones (excluding diaryl/α,β-unsaturated/α-hetero) is 1. The van der Waals surface area contributed by atoms with Crippen LogP contribution >= 0.6 is 0 Å². The van der Waals surface area contributed by atoms with Crippen LogP contribution in [-0.4, -0.2) is 31.3 Å². The molecular formula is C14H18O5. The van der Waals surface area contributed by atoms with Gasteiger partial charge in [0.2, 0.25) is 5.79 Å². The van der Waals surface area contributed by atoms with Crippen LogP contribution < -0.4 is 0 Å². The maximum Gasteiger partial charge on any atom is 0.307 e. The first-order chi connectivity index (χ1) is 8.94. The lowest BCUT2D eigenvalue weighted by Crippen LogP contribution is -2.60. The Labute approximate surface area is 111 Å². The van der Waals surface area contributed by atoms with E-state index >= 15 is 0 Å². The number of hydrogen-bond donors (Lipinski definition) is 0. The Morgan fingerprint density at radius 2 is 2.16 bits per heavy atom. The van der Waals surface area contributed by atoms with Crippen molar-refractivity contribution in [3.63, 3.8) is 0 Å². The highest BCUT2D eigenvalue weighted by molar-refractivity contribution is 5.94. The van der Waals surface area contributed by atoms with Gasteiger partial charge in [0.15, 0.2) is 5.78 Å². The molecule has 0 unspecified atom stereocenters. The Morgan fingerprint density at radius 1 is 1.47 bits per heavy atom. The maximum atomic E-state index is 12.6. The zero-order chi connectivity index (χ0) is 13.9. The van der Waals surface area contributed by atoms with E-state index in [1.54, 1.807) is 0 Å². The zero-order valence-electron chi connectivity index (χ0n) is 11.6. The van der Waals surface area contributed by atoms with Crippen molar-refractivity contribution >= 4 is 11.8 Å². The molecule has 0 aromatic heterocycles. The molecule has 0 aromatic rings. The average molecular weight is 266 g/mol. The van der Waals surface area contributed by atoms with Crippen molar-refractivity contribution in [3.05, 3.63) is 11.3 Å². The number of carbonyl (C=O) groups is 2. The Balaban J connectivity index is 2.16. The smallest absolute Gasteiger partial charge is 0.307 e. The molecular weight excluding hydrogens is 248 g/mol. The van der Waals surface area contributed by atoms with E-state index in [1.807, 2.05) is 6.92 Å². The highest BCUT2D eigenvalue weighted by atomic mass is 16.7. The van der Waals surface area contributed by atoms with Crippen LogP contribution in [0.3, 0.4) is 0 Å². The van der Waals surface area contributed by atoms with Crippen LogP contribution in [0.2, 0.25) is 0 Å². The van der Waals surface area contributed by atoms with Crippen LogP contribution in [0, 0.1) is 23.7 Å². The van der Waals surface area contributed by atoms with Crippen LogP contribution in [-0.2, 0) is 23.8 Å². The van der Waals surface area contributed by atoms with Crippen molar-refractivity contribution in [2.24, 2.45) is 23.7 Å². The number of hydrogen-bond acceptors (Lipinski definition) is 5. The Morgan fingerprint density at radius 3 is 2.74 bits per heavy atom. The Kier molecular flexibility index (Phi) is 2.63. The second-order valence-corrected chi connectivity index (χ2v) is 5.67. The van der Waals surface area contributed by atoms with Gasteiger partial charge in [0, 0.05) is 20.0 Å². The van der Waals surface area contributed by atoms with E-state index in [0.29, 0.717) is 12.4 Å². The molecule has 0 radical (unpaired) electrons. The molecule has 4 aliphatic rings. The molecule has 1 heterocycles. The second kappa shape index (κ2) is 3.90. The normalized spacial score (nSPS) is 43.9. The second-order valence-electron chi connectivity index (χ2n) is 5.67. The summed E-state index contributed by atoms with van der Waals surface area (Å²) in [4.78, 5) is 23.9. The van der Waals surface area contributed by atoms with Gasteiger partial charge in [0.05, 0.1) is 18.4 Å². The average Bonchev–Trinajstić information content (AvgIpc) is 2.70. The molecule has 4 rings (SSSR count). The molecule has 19 heavy (non-hydrogen) atoms. The van der Waals surface area contributed by atoms with E-state index in [1.165, 1.54) is 14.0 Å². The molecule has 1 aliphatic heterocycles. The molecule has 2 fully saturated rings. The molecule has 0 N–H and O–H groups in total. The lowest BCUT2D eigenvalue weighted by Gasteiger charge is -2.49. The summed E-state index contributed by atoms with van der Waals surface area (Å²) in [7, 11) is 1.48. The SMILES string of the molecule is CO[C@]12OC[C@@H]3[C@@H](C)[C@H](C1=O)C(C)=C(OC(C)=O)[C@@H]32. The summed E-state index contributed by atoms with van der Waals surface area (Å²) in [5.41, 5.74) is 0.854. The molecule has 0 spiro atoms. The van der Waals surface area contributed by atoms with Crippen LogP contribution in [0.25, 0.3) is 0 Å². The summed E-state index contributed by atoms with van der Waals surface area (Å²) >= 11 is 0. The van der Waals surface area contributed by atoms with Gasteiger partial charge in [0.1, 0.15) is 5.76 Å². The van der Waals surface area contributed by atoms with Gasteiger partial charge in [-0.25, -0.2) is 0 Å². The molecule has 5 nitrogen and oxygen atoms in total. The molecule has 4 bridgehead atoms. The first-order valence-electron chi connectivity index (χ1n) is 6.56. The molecule has 0 amide bonds. The number of allylic oxidation sites excluding steroid dienone is 1. The minimum Gasteiger partial charge on any atom is -0.431 e. The van der Waals surface area contributed by atoms with Gasteiger partial charge in [-0.05, 0) is 18.4 Å². The maximum absolute atomic E-state index is 12.6. The van der Waals surface area contributed by atoms with E-state index < -0.39 is 5.79 Å². The van der Waals surface area contributed by atoms with Crippen LogP contribution in [0.5, 0.6) is 0 Å². The van der Waals surface area contributed by atoms with Crippen molar-refractivity contribution in [2.75, 3.05) is 13.7 Å². The predicted octanol–water partition coefficient (Wildman–Crippen LogP) is 1.28. The van der Waals surface area contributed by atoms with Crippen LogP contribution in [0.15, 0.2) is 11.3 Å². The third kappa shape index (κ3) is 1.37. The monoisotopic (exact) mass is 266 g/mol. The minimum absolute atomic E-state index is 0.0327. The molecule has 5 heteroatoms. The third-order valence-electron chi connectivity index (χ3n) is 4.85. The van der Waals surface area contributed by atoms with E-state index in [2.05, 4.69) is 6.92 Å². The van der Waals surface area contributed by atoms with Gasteiger partial charge in [0.25, 0.3) is 0 Å². The number of ether oxygens (including phenoxy) is 3. The van der Waals surface area contributed by atoms with E-state index in [-0.39, 0.29) is 35.4 Å². The van der Waals surface area contributed by atoms with Crippen molar-refractivity contribution in [2.45, 2.75) is 26.6 Å². The predicted molar refractivity (Wildman–Crippen MR) is 64.8 cm³/mol. The fourth-order valence-corrected chi connectivity index (χ4v) is 4.01. The number of carbonyl (C=O) groups excluding carboxylic acids is 2. The topological polar surface area (TPSA) is 61.8 Å². The third-order valence-corrected chi connectivity index (χ3v) is 4.85. The Bertz CT molecular complexity index is 494. The van der Waals surface area contributed by atoms with Gasteiger partial charge in [-0.15, -0.1) is 0 Å². The summed E-state index contributed by atoms with van der Waals surface area (Å²) in [6, 6.07) is 0. The largest absolute Gasteiger partial charge is 0.431 e. The molecule has 0 aromatic carbocycles. The fourth-order valence-electron chi connectivity index (χ4n) is 4.01. The molecule has 104 valence electrons. The van der Waals surface area contributed by atoms with Gasteiger partial charge < -0.3 is 14.2 Å². The summed E-state index contributed by atoms with van der Waals surface area (Å²) in [6.07, 6.45) is 0. The summed E-state index contributed by atoms with van der Waals surface area (Å²) < 4.78 is 16.5. The van der Waals surface area contributed by atoms with Gasteiger partial charge in [-0.1, -0.05) is 6.92 Å². The number of esters is 1. The summed E-state index contributed by atoms with van der Waals surface area (Å²) in [6.45, 7) is 5.77. The van der Waals surface area contributed by atoms with Crippen LogP contribution in [0.1, 0.15) is 20.8 Å². The number of methoxy groups -OCH3 is 1. The summed E-state index contributed by atoms with van der Waals surface area (Å²) in [5, 5.41) is 0. The quantitative estimate of drug-likeness (QED) is 0.704. The number of rotatable bonds is 2. The Hall–Kier alpha value is -1.20. The highest BCUT2D eigenvalue weighted by Crippen LogP contribution is 2.59. The highest BCUT2D eigenvalue weighted by Gasteiger charge is 2.69. The molecule has 1 saturated carbocycles. The minimum atomic E-state index is -1.24. The first kappa shape index (κ1) is 12.8. The van der Waals surface area contributed by atoms with E-state index in [4.69, 9.17) is 14.2 Å².